The number of benzene rings is 1. The van der Waals surface area contributed by atoms with Crippen LogP contribution in [0.1, 0.15) is 12.0 Å². The quantitative estimate of drug-likeness (QED) is 0.256. The zero-order valence-electron chi connectivity index (χ0n) is 16.9. The van der Waals surface area contributed by atoms with E-state index in [9.17, 15) is 8.78 Å². The van der Waals surface area contributed by atoms with Crippen molar-refractivity contribution in [2.75, 3.05) is 55.2 Å². The van der Waals surface area contributed by atoms with E-state index in [-0.39, 0.29) is 18.7 Å². The number of nitrogens with zero attached hydrogens (tertiary/aromatic N) is 4. The van der Waals surface area contributed by atoms with Gasteiger partial charge in [-0.3, -0.25) is 5.01 Å². The van der Waals surface area contributed by atoms with Crippen LogP contribution in [0, 0.1) is 0 Å². The fraction of sp³-hybridized carbons (Fsp3) is 0.474. The number of alkyl halides is 2. The Morgan fingerprint density at radius 1 is 1.37 bits per heavy atom. The second-order valence-corrected chi connectivity index (χ2v) is 8.31. The third-order valence-corrected chi connectivity index (χ3v) is 5.86. The first-order valence-electron chi connectivity index (χ1n) is 9.45. The molecule has 1 saturated heterocycles. The highest BCUT2D eigenvalue weighted by atomic mass is 35.5. The van der Waals surface area contributed by atoms with Gasteiger partial charge in [0, 0.05) is 37.9 Å². The van der Waals surface area contributed by atoms with Crippen molar-refractivity contribution < 1.29 is 13.5 Å². The number of hydrogen-bond acceptors (Lipinski definition) is 8. The topological polar surface area (TPSA) is 79.5 Å². The number of nitrogens with two attached hydrogens (primary N) is 1. The Hall–Kier alpha value is -1.88. The summed E-state index contributed by atoms with van der Waals surface area (Å²) in [6, 6.07) is 7.45. The van der Waals surface area contributed by atoms with Gasteiger partial charge < -0.3 is 15.4 Å². The first-order chi connectivity index (χ1) is 14.3. The van der Waals surface area contributed by atoms with Crippen molar-refractivity contribution in [3.8, 4) is 0 Å². The van der Waals surface area contributed by atoms with Crippen molar-refractivity contribution in [2.45, 2.75) is 24.0 Å². The largest absolute Gasteiger partial charge is 0.393 e. The Balaban J connectivity index is 1.97. The molecule has 0 saturated carbocycles. The third-order valence-electron chi connectivity index (χ3n) is 4.68. The van der Waals surface area contributed by atoms with Gasteiger partial charge in [-0.15, -0.1) is 0 Å². The summed E-state index contributed by atoms with van der Waals surface area (Å²) in [6.07, 6.45) is -0.229. The van der Waals surface area contributed by atoms with Crippen LogP contribution >= 0.6 is 23.4 Å². The fourth-order valence-electron chi connectivity index (χ4n) is 3.13. The van der Waals surface area contributed by atoms with Crippen molar-refractivity contribution >= 4 is 40.7 Å². The molecule has 0 aliphatic carbocycles. The molecule has 3 N–H and O–H groups in total. The van der Waals surface area contributed by atoms with Crippen molar-refractivity contribution in [1.29, 1.82) is 0 Å². The lowest BCUT2D eigenvalue weighted by Crippen LogP contribution is -2.37. The predicted molar refractivity (Wildman–Crippen MR) is 118 cm³/mol. The zero-order valence-corrected chi connectivity index (χ0v) is 18.4. The molecule has 11 heteroatoms. The molecule has 1 aliphatic heterocycles. The van der Waals surface area contributed by atoms with Gasteiger partial charge in [0.05, 0.1) is 19.7 Å². The summed E-state index contributed by atoms with van der Waals surface area (Å²) < 4.78 is 32.8. The van der Waals surface area contributed by atoms with Crippen LogP contribution in [-0.2, 0) is 11.3 Å². The van der Waals surface area contributed by atoms with Crippen LogP contribution in [-0.4, -0.2) is 55.5 Å². The molecule has 2 heterocycles. The number of nitrogen functional groups attached to an aromatic ring is 1. The maximum atomic E-state index is 13.8. The van der Waals surface area contributed by atoms with E-state index in [1.165, 1.54) is 16.7 Å². The van der Waals surface area contributed by atoms with E-state index in [4.69, 9.17) is 22.1 Å². The summed E-state index contributed by atoms with van der Waals surface area (Å²) in [7, 11) is 3.35. The standard InChI is InChI=1S/C19H25ClF2N6OS/c1-24-28(11-13-5-3-4-6-14(13)20)17-15(23)16(27-8-7-19(21,22)12-27)25-18(26-17)30-10-9-29-2/h3-6,24H,7-12,23H2,1-2H3. The smallest absolute Gasteiger partial charge is 0.266 e. The number of halogens is 3. The second-order valence-electron chi connectivity index (χ2n) is 6.84. The number of anilines is 3. The Labute approximate surface area is 183 Å². The van der Waals surface area contributed by atoms with Crippen LogP contribution in [0.3, 0.4) is 0 Å². The Bertz CT molecular complexity index is 875. The molecule has 0 unspecified atom stereocenters. The van der Waals surface area contributed by atoms with Crippen LogP contribution in [0.25, 0.3) is 0 Å². The number of hydrogen-bond donors (Lipinski definition) is 2. The van der Waals surface area contributed by atoms with Gasteiger partial charge in [-0.05, 0) is 11.6 Å². The maximum absolute atomic E-state index is 13.8. The molecule has 3 rings (SSSR count). The number of ether oxygens (including phenoxy) is 1. The van der Waals surface area contributed by atoms with Crippen LogP contribution < -0.4 is 21.1 Å². The van der Waals surface area contributed by atoms with Crippen molar-refractivity contribution in [3.63, 3.8) is 0 Å². The monoisotopic (exact) mass is 458 g/mol. The molecule has 2 aromatic rings. The fourth-order valence-corrected chi connectivity index (χ4v) is 4.06. The molecule has 7 nitrogen and oxygen atoms in total. The number of nitrogens with one attached hydrogen (secondary N) is 1. The average molecular weight is 459 g/mol. The summed E-state index contributed by atoms with van der Waals surface area (Å²) in [4.78, 5) is 10.6. The summed E-state index contributed by atoms with van der Waals surface area (Å²) in [5, 5.41) is 2.79. The first kappa shape index (κ1) is 22.8. The normalized spacial score (nSPS) is 15.6. The molecule has 0 bridgehead atoms. The molecular formula is C19H25ClF2N6OS. The zero-order chi connectivity index (χ0) is 21.7. The van der Waals surface area contributed by atoms with E-state index < -0.39 is 12.5 Å². The molecule has 1 aliphatic rings. The van der Waals surface area contributed by atoms with Gasteiger partial charge >= 0.3 is 0 Å². The average Bonchev–Trinajstić information content (AvgIpc) is 3.08. The number of thioether (sulfide) groups is 1. The molecule has 0 spiro atoms. The van der Waals surface area contributed by atoms with Crippen LogP contribution in [0.2, 0.25) is 5.02 Å². The van der Waals surface area contributed by atoms with Crippen molar-refractivity contribution in [3.05, 3.63) is 34.9 Å². The highest BCUT2D eigenvalue weighted by Gasteiger charge is 2.40. The van der Waals surface area contributed by atoms with E-state index in [0.29, 0.717) is 40.7 Å². The van der Waals surface area contributed by atoms with Crippen LogP contribution in [0.4, 0.5) is 26.1 Å². The van der Waals surface area contributed by atoms with Gasteiger partial charge in [0.2, 0.25) is 0 Å². The maximum Gasteiger partial charge on any atom is 0.266 e. The Morgan fingerprint density at radius 3 is 2.77 bits per heavy atom. The first-order valence-corrected chi connectivity index (χ1v) is 10.8. The second kappa shape index (κ2) is 9.95. The minimum absolute atomic E-state index is 0.180. The van der Waals surface area contributed by atoms with E-state index in [2.05, 4.69) is 15.4 Å². The van der Waals surface area contributed by atoms with E-state index in [0.717, 1.165) is 5.56 Å². The lowest BCUT2D eigenvalue weighted by Gasteiger charge is -2.27. The minimum Gasteiger partial charge on any atom is -0.393 e. The van der Waals surface area contributed by atoms with Crippen LogP contribution in [0.5, 0.6) is 0 Å². The molecule has 1 aromatic heterocycles. The van der Waals surface area contributed by atoms with E-state index in [1.807, 2.05) is 18.2 Å². The number of methoxy groups -OCH3 is 1. The van der Waals surface area contributed by atoms with Gasteiger partial charge in [-0.1, -0.05) is 41.6 Å². The van der Waals surface area contributed by atoms with Crippen molar-refractivity contribution in [2.24, 2.45) is 0 Å². The lowest BCUT2D eigenvalue weighted by atomic mass is 10.2. The van der Waals surface area contributed by atoms with Gasteiger partial charge in [-0.2, -0.15) is 0 Å². The summed E-state index contributed by atoms with van der Waals surface area (Å²) in [5.74, 6) is -1.41. The van der Waals surface area contributed by atoms with Gasteiger partial charge in [0.25, 0.3) is 5.92 Å². The Kier molecular flexibility index (Phi) is 7.56. The molecule has 0 amide bonds. The minimum atomic E-state index is -2.76. The molecule has 1 fully saturated rings. The third kappa shape index (κ3) is 5.42. The predicted octanol–water partition coefficient (Wildman–Crippen LogP) is 3.44. The highest BCUT2D eigenvalue weighted by Crippen LogP contribution is 2.37. The molecule has 0 radical (unpaired) electrons. The molecule has 164 valence electrons. The van der Waals surface area contributed by atoms with Crippen LogP contribution in [0.15, 0.2) is 29.4 Å². The van der Waals surface area contributed by atoms with Gasteiger partial charge in [-0.25, -0.2) is 24.2 Å². The number of rotatable bonds is 9. The van der Waals surface area contributed by atoms with Crippen molar-refractivity contribution in [1.82, 2.24) is 15.4 Å². The van der Waals surface area contributed by atoms with E-state index >= 15 is 0 Å². The Morgan fingerprint density at radius 2 is 2.13 bits per heavy atom. The number of aromatic nitrogens is 2. The highest BCUT2D eigenvalue weighted by molar-refractivity contribution is 7.99. The van der Waals surface area contributed by atoms with Gasteiger partial charge in [0.15, 0.2) is 16.8 Å². The lowest BCUT2D eigenvalue weighted by molar-refractivity contribution is 0.0257. The van der Waals surface area contributed by atoms with Gasteiger partial charge in [0.1, 0.15) is 5.69 Å². The molecule has 1 aromatic carbocycles. The molecule has 0 atom stereocenters. The SMILES string of the molecule is CNN(Cc1ccccc1Cl)c1nc(SCCOC)nc(N2CCC(F)(F)C2)c1N. The summed E-state index contributed by atoms with van der Waals surface area (Å²) >= 11 is 7.69. The molecular weight excluding hydrogens is 434 g/mol. The molecule has 30 heavy (non-hydrogen) atoms. The summed E-state index contributed by atoms with van der Waals surface area (Å²) in [6.45, 7) is 0.662. The number of hydrazine groups is 1. The van der Waals surface area contributed by atoms with E-state index in [1.54, 1.807) is 25.2 Å². The summed E-state index contributed by atoms with van der Waals surface area (Å²) in [5.41, 5.74) is 10.6.